The third kappa shape index (κ3) is 4.91. The van der Waals surface area contributed by atoms with Gasteiger partial charge in [-0.1, -0.05) is 0 Å². The number of thiazole rings is 2. The van der Waals surface area contributed by atoms with Gasteiger partial charge in [-0.2, -0.15) is 0 Å². The van der Waals surface area contributed by atoms with Crippen LogP contribution in [0.4, 0.5) is 0 Å². The fourth-order valence-electron chi connectivity index (χ4n) is 2.27. The molecule has 3 N–H and O–H groups in total. The summed E-state index contributed by atoms with van der Waals surface area (Å²) in [6, 6.07) is 3.90. The highest BCUT2D eigenvalue weighted by Crippen LogP contribution is 2.21. The lowest BCUT2D eigenvalue weighted by atomic mass is 10.2. The predicted octanol–water partition coefficient (Wildman–Crippen LogP) is 2.53. The second-order valence-electron chi connectivity index (χ2n) is 5.39. The average molecular weight is 374 g/mol. The first-order chi connectivity index (χ1) is 12.3. The van der Waals surface area contributed by atoms with E-state index in [1.165, 1.54) is 11.3 Å². The summed E-state index contributed by atoms with van der Waals surface area (Å²) in [4.78, 5) is 25.0. The Bertz CT molecular complexity index is 815. The number of carbonyl (C=O) groups excluding carboxylic acids is 1. The quantitative estimate of drug-likeness (QED) is 0.592. The summed E-state index contributed by atoms with van der Waals surface area (Å²) in [7, 11) is 0. The topological polar surface area (TPSA) is 93.8 Å². The minimum Gasteiger partial charge on any atom is -0.351 e. The maximum Gasteiger partial charge on any atom is 0.270 e. The van der Waals surface area contributed by atoms with E-state index < -0.39 is 0 Å². The van der Waals surface area contributed by atoms with E-state index in [0.29, 0.717) is 25.2 Å². The molecule has 0 aliphatic heterocycles. The molecule has 0 aromatic carbocycles. The van der Waals surface area contributed by atoms with E-state index in [2.05, 4.69) is 25.6 Å². The molecule has 130 valence electrons. The van der Waals surface area contributed by atoms with E-state index in [-0.39, 0.29) is 5.91 Å². The van der Waals surface area contributed by atoms with E-state index in [1.807, 2.05) is 12.1 Å². The highest BCUT2D eigenvalue weighted by Gasteiger charge is 2.10. The number of nitrogens with zero attached hydrogens (tertiary/aromatic N) is 3. The van der Waals surface area contributed by atoms with Crippen LogP contribution in [-0.2, 0) is 12.8 Å². The van der Waals surface area contributed by atoms with Crippen LogP contribution in [0.1, 0.15) is 26.9 Å². The molecule has 25 heavy (non-hydrogen) atoms. The summed E-state index contributed by atoms with van der Waals surface area (Å²) in [6.07, 6.45) is 5.92. The van der Waals surface area contributed by atoms with Crippen LogP contribution in [0.3, 0.4) is 0 Å². The van der Waals surface area contributed by atoms with Crippen molar-refractivity contribution in [3.8, 4) is 11.3 Å². The Labute approximate surface area is 154 Å². The van der Waals surface area contributed by atoms with Gasteiger partial charge >= 0.3 is 0 Å². The Balaban J connectivity index is 1.44. The fraction of sp³-hybridized carbons (Fsp3) is 0.294. The normalized spacial score (nSPS) is 10.8. The van der Waals surface area contributed by atoms with Gasteiger partial charge in [-0.25, -0.2) is 9.97 Å². The lowest BCUT2D eigenvalue weighted by Gasteiger charge is -2.02. The maximum atomic E-state index is 12.0. The van der Waals surface area contributed by atoms with Crippen LogP contribution in [0.2, 0.25) is 0 Å². The Morgan fingerprint density at radius 2 is 1.84 bits per heavy atom. The van der Waals surface area contributed by atoms with Gasteiger partial charge in [-0.05, 0) is 25.1 Å². The fourth-order valence-corrected chi connectivity index (χ4v) is 3.91. The molecule has 3 rings (SSSR count). The van der Waals surface area contributed by atoms with Gasteiger partial charge in [0.1, 0.15) is 5.69 Å². The molecule has 0 bridgehead atoms. The number of nitrogens with two attached hydrogens (primary N) is 1. The lowest BCUT2D eigenvalue weighted by Crippen LogP contribution is -2.25. The van der Waals surface area contributed by atoms with Gasteiger partial charge in [-0.15, -0.1) is 22.7 Å². The van der Waals surface area contributed by atoms with Crippen LogP contribution < -0.4 is 11.1 Å². The molecule has 0 radical (unpaired) electrons. The molecule has 0 saturated heterocycles. The molecule has 6 nitrogen and oxygen atoms in total. The average Bonchev–Trinajstić information content (AvgIpc) is 3.29. The smallest absolute Gasteiger partial charge is 0.270 e. The Morgan fingerprint density at radius 3 is 2.64 bits per heavy atom. The summed E-state index contributed by atoms with van der Waals surface area (Å²) in [5, 5.41) is 8.71. The number of pyridine rings is 1. The number of hydrogen-bond acceptors (Lipinski definition) is 7. The number of nitrogens with one attached hydrogen (secondary N) is 1. The molecule has 0 saturated carbocycles. The lowest BCUT2D eigenvalue weighted by molar-refractivity contribution is 0.0948. The van der Waals surface area contributed by atoms with Crippen molar-refractivity contribution in [2.75, 3.05) is 13.1 Å². The second-order valence-corrected chi connectivity index (χ2v) is 7.27. The van der Waals surface area contributed by atoms with Crippen LogP contribution in [0, 0.1) is 0 Å². The van der Waals surface area contributed by atoms with E-state index in [9.17, 15) is 4.79 Å². The molecule has 0 aliphatic rings. The van der Waals surface area contributed by atoms with E-state index in [4.69, 9.17) is 5.73 Å². The van der Waals surface area contributed by atoms with E-state index in [0.717, 1.165) is 34.1 Å². The molecule has 3 heterocycles. The van der Waals surface area contributed by atoms with Gasteiger partial charge in [0.05, 0.1) is 15.7 Å². The van der Waals surface area contributed by atoms with E-state index >= 15 is 0 Å². The molecule has 0 fully saturated rings. The molecule has 0 atom stereocenters. The molecule has 3 aromatic heterocycles. The maximum absolute atomic E-state index is 12.0. The number of rotatable bonds is 8. The SMILES string of the molecule is NCCc1nc(C(=O)NCCCc2nc(-c3ccncc3)cs2)cs1. The van der Waals surface area contributed by atoms with Gasteiger partial charge in [0.15, 0.2) is 0 Å². The van der Waals surface area contributed by atoms with Crippen molar-refractivity contribution >= 4 is 28.6 Å². The van der Waals surface area contributed by atoms with Crippen molar-refractivity contribution in [2.45, 2.75) is 19.3 Å². The standard InChI is InChI=1S/C17H19N5OS2/c18-6-3-16-22-14(11-25-16)17(23)20-7-1-2-15-21-13(10-24-15)12-4-8-19-9-5-12/h4-5,8-11H,1-3,6-7,18H2,(H,20,23). The van der Waals surface area contributed by atoms with Crippen molar-refractivity contribution in [1.29, 1.82) is 0 Å². The number of aromatic nitrogens is 3. The second kappa shape index (κ2) is 8.80. The van der Waals surface area contributed by atoms with Gasteiger partial charge < -0.3 is 11.1 Å². The minimum absolute atomic E-state index is 0.129. The van der Waals surface area contributed by atoms with Gasteiger partial charge in [0.25, 0.3) is 5.91 Å². The van der Waals surface area contributed by atoms with Gasteiger partial charge in [0.2, 0.25) is 0 Å². The summed E-state index contributed by atoms with van der Waals surface area (Å²) < 4.78 is 0. The van der Waals surface area contributed by atoms with Crippen LogP contribution in [0.15, 0.2) is 35.3 Å². The van der Waals surface area contributed by atoms with Crippen molar-refractivity contribution in [2.24, 2.45) is 5.73 Å². The Kier molecular flexibility index (Phi) is 6.21. The zero-order chi connectivity index (χ0) is 17.5. The van der Waals surface area contributed by atoms with Crippen LogP contribution in [0.5, 0.6) is 0 Å². The zero-order valence-corrected chi connectivity index (χ0v) is 15.3. The van der Waals surface area contributed by atoms with Crippen molar-refractivity contribution in [3.05, 3.63) is 51.0 Å². The number of hydrogen-bond donors (Lipinski definition) is 2. The monoisotopic (exact) mass is 373 g/mol. The third-order valence-electron chi connectivity index (χ3n) is 3.52. The number of amides is 1. The molecule has 0 spiro atoms. The molecule has 0 unspecified atom stereocenters. The first kappa shape index (κ1) is 17.7. The van der Waals surface area contributed by atoms with Gasteiger partial charge in [0, 0.05) is 48.1 Å². The highest BCUT2D eigenvalue weighted by atomic mass is 32.1. The minimum atomic E-state index is -0.129. The summed E-state index contributed by atoms with van der Waals surface area (Å²) in [6.45, 7) is 1.15. The van der Waals surface area contributed by atoms with Crippen molar-refractivity contribution < 1.29 is 4.79 Å². The Hall–Kier alpha value is -2.16. The molecular formula is C17H19N5OS2. The first-order valence-corrected chi connectivity index (χ1v) is 9.79. The largest absolute Gasteiger partial charge is 0.351 e. The number of carbonyl (C=O) groups is 1. The first-order valence-electron chi connectivity index (χ1n) is 8.03. The zero-order valence-electron chi connectivity index (χ0n) is 13.6. The van der Waals surface area contributed by atoms with Crippen molar-refractivity contribution in [3.63, 3.8) is 0 Å². The van der Waals surface area contributed by atoms with Crippen LogP contribution in [0.25, 0.3) is 11.3 Å². The van der Waals surface area contributed by atoms with Gasteiger partial charge in [-0.3, -0.25) is 9.78 Å². The van der Waals surface area contributed by atoms with E-state index in [1.54, 1.807) is 29.1 Å². The molecular weight excluding hydrogens is 354 g/mol. The number of aryl methyl sites for hydroxylation is 1. The molecule has 3 aromatic rings. The predicted molar refractivity (Wildman–Crippen MR) is 101 cm³/mol. The molecule has 8 heteroatoms. The van der Waals surface area contributed by atoms with Crippen molar-refractivity contribution in [1.82, 2.24) is 20.3 Å². The highest BCUT2D eigenvalue weighted by molar-refractivity contribution is 7.10. The molecule has 1 amide bonds. The van der Waals surface area contributed by atoms with Crippen LogP contribution >= 0.6 is 22.7 Å². The summed E-state index contributed by atoms with van der Waals surface area (Å²) in [5.41, 5.74) is 8.02. The third-order valence-corrected chi connectivity index (χ3v) is 5.34. The summed E-state index contributed by atoms with van der Waals surface area (Å²) >= 11 is 3.12. The van der Waals surface area contributed by atoms with Crippen LogP contribution in [-0.4, -0.2) is 33.9 Å². The Morgan fingerprint density at radius 1 is 1.08 bits per heavy atom. The summed E-state index contributed by atoms with van der Waals surface area (Å²) in [5.74, 6) is -0.129. The molecule has 0 aliphatic carbocycles.